The summed E-state index contributed by atoms with van der Waals surface area (Å²) in [5.41, 5.74) is 7.61. The molecule has 10 nitrogen and oxygen atoms in total. The van der Waals surface area contributed by atoms with Gasteiger partial charge in [-0.05, 0) is 36.8 Å². The molecule has 4 aromatic rings. The van der Waals surface area contributed by atoms with E-state index in [2.05, 4.69) is 32.3 Å². The number of esters is 1. The van der Waals surface area contributed by atoms with Crippen molar-refractivity contribution >= 4 is 34.8 Å². The van der Waals surface area contributed by atoms with Gasteiger partial charge in [-0.3, -0.25) is 5.32 Å². The number of ether oxygens (including phenoxy) is 1. The van der Waals surface area contributed by atoms with Crippen molar-refractivity contribution in [2.75, 3.05) is 16.4 Å². The van der Waals surface area contributed by atoms with E-state index in [0.29, 0.717) is 16.9 Å². The number of hydrogen-bond acceptors (Lipinski definition) is 7. The Morgan fingerprint density at radius 2 is 2.06 bits per heavy atom. The van der Waals surface area contributed by atoms with Crippen molar-refractivity contribution in [3.05, 3.63) is 78.8 Å². The number of carbonyl (C=O) groups is 2. The Morgan fingerprint density at radius 3 is 2.79 bits per heavy atom. The number of halogens is 1. The minimum atomic E-state index is -0.738. The first kappa shape index (κ1) is 21.4. The van der Waals surface area contributed by atoms with Gasteiger partial charge in [0.2, 0.25) is 0 Å². The Morgan fingerprint density at radius 1 is 1.24 bits per heavy atom. The van der Waals surface area contributed by atoms with E-state index in [9.17, 15) is 14.0 Å². The molecule has 0 saturated heterocycles. The van der Waals surface area contributed by atoms with E-state index in [-0.39, 0.29) is 22.6 Å². The molecule has 3 aromatic heterocycles. The van der Waals surface area contributed by atoms with Gasteiger partial charge in [-0.2, -0.15) is 5.10 Å². The Kier molecular flexibility index (Phi) is 5.68. The number of aryl methyl sites for hydroxylation is 1. The van der Waals surface area contributed by atoms with Crippen LogP contribution in [0.15, 0.2) is 61.8 Å². The number of rotatable bonds is 5. The minimum absolute atomic E-state index is 0.0770. The zero-order valence-corrected chi connectivity index (χ0v) is 17.4. The van der Waals surface area contributed by atoms with E-state index in [0.717, 1.165) is 18.0 Å². The van der Waals surface area contributed by atoms with Gasteiger partial charge in [-0.25, -0.2) is 28.5 Å². The molecular weight excluding hydrogens is 429 g/mol. The molecule has 33 heavy (non-hydrogen) atoms. The summed E-state index contributed by atoms with van der Waals surface area (Å²) < 4.78 is 21.2. The van der Waals surface area contributed by atoms with Crippen LogP contribution in [0.5, 0.6) is 0 Å². The van der Waals surface area contributed by atoms with Crippen molar-refractivity contribution in [3.8, 4) is 11.1 Å². The van der Waals surface area contributed by atoms with Gasteiger partial charge in [0, 0.05) is 17.5 Å². The van der Waals surface area contributed by atoms with Crippen LogP contribution in [0.25, 0.3) is 16.6 Å². The topological polar surface area (TPSA) is 137 Å². The molecule has 0 spiro atoms. The zero-order chi connectivity index (χ0) is 23.5. The molecule has 0 fully saturated rings. The standard InChI is InChI=1S/C22H18FN7O3/c1-3-33-21(31)14-10-30-19(20(24)25-11-26-30)18(14)13-7-8-16(15(23)9-13)28-22(32)29-17-6-4-5-12(2)27-17/h3-11H,1H2,2H3,(H2,24,25,26)(H2,27,28,29,32). The summed E-state index contributed by atoms with van der Waals surface area (Å²) in [5, 5.41) is 9.01. The number of urea groups is 1. The van der Waals surface area contributed by atoms with Crippen molar-refractivity contribution in [1.82, 2.24) is 19.6 Å². The lowest BCUT2D eigenvalue weighted by atomic mass is 10.0. The Bertz CT molecular complexity index is 1400. The fourth-order valence-corrected chi connectivity index (χ4v) is 3.28. The molecule has 0 radical (unpaired) electrons. The third-order valence-electron chi connectivity index (χ3n) is 4.65. The molecule has 11 heteroatoms. The maximum Gasteiger partial charge on any atom is 0.345 e. The van der Waals surface area contributed by atoms with Crippen LogP contribution in [-0.4, -0.2) is 31.6 Å². The van der Waals surface area contributed by atoms with Crippen LogP contribution >= 0.6 is 0 Å². The Balaban J connectivity index is 1.68. The quantitative estimate of drug-likeness (QED) is 0.313. The lowest BCUT2D eigenvalue weighted by Gasteiger charge is -2.10. The molecule has 0 atom stereocenters. The van der Waals surface area contributed by atoms with Gasteiger partial charge in [0.15, 0.2) is 5.82 Å². The van der Waals surface area contributed by atoms with E-state index in [1.54, 1.807) is 25.1 Å². The number of fused-ring (bicyclic) bond motifs is 1. The van der Waals surface area contributed by atoms with Gasteiger partial charge < -0.3 is 15.8 Å². The Labute approximate surface area is 186 Å². The molecule has 0 aliphatic heterocycles. The third-order valence-corrected chi connectivity index (χ3v) is 4.65. The van der Waals surface area contributed by atoms with Crippen molar-refractivity contribution < 1.29 is 18.7 Å². The molecule has 4 N–H and O–H groups in total. The van der Waals surface area contributed by atoms with Crippen LogP contribution in [0, 0.1) is 12.7 Å². The van der Waals surface area contributed by atoms with Crippen LogP contribution in [0.2, 0.25) is 0 Å². The SMILES string of the molecule is C=COC(=O)c1cn2ncnc(N)c2c1-c1ccc(NC(=O)Nc2cccc(C)n2)c(F)c1. The second-order valence-electron chi connectivity index (χ2n) is 6.87. The maximum absolute atomic E-state index is 14.9. The number of nitrogen functional groups attached to an aromatic ring is 1. The molecule has 0 bridgehead atoms. The van der Waals surface area contributed by atoms with Gasteiger partial charge >= 0.3 is 12.0 Å². The predicted octanol–water partition coefficient (Wildman–Crippen LogP) is 3.77. The number of carbonyl (C=O) groups excluding carboxylic acids is 2. The number of nitrogens with zero attached hydrogens (tertiary/aromatic N) is 4. The molecule has 0 aliphatic rings. The Hall–Kier alpha value is -4.80. The van der Waals surface area contributed by atoms with E-state index < -0.39 is 17.8 Å². The third kappa shape index (κ3) is 4.32. The number of nitrogens with one attached hydrogen (secondary N) is 2. The lowest BCUT2D eigenvalue weighted by molar-refractivity contribution is 0.0665. The largest absolute Gasteiger partial charge is 0.431 e. The highest BCUT2D eigenvalue weighted by atomic mass is 19.1. The summed E-state index contributed by atoms with van der Waals surface area (Å²) in [6, 6.07) is 8.51. The number of aromatic nitrogens is 4. The van der Waals surface area contributed by atoms with Crippen molar-refractivity contribution in [3.63, 3.8) is 0 Å². The second kappa shape index (κ2) is 8.75. The van der Waals surface area contributed by atoms with Crippen LogP contribution in [0.1, 0.15) is 16.1 Å². The zero-order valence-electron chi connectivity index (χ0n) is 17.4. The lowest BCUT2D eigenvalue weighted by Crippen LogP contribution is -2.20. The summed E-state index contributed by atoms with van der Waals surface area (Å²) >= 11 is 0. The van der Waals surface area contributed by atoms with E-state index >= 15 is 0 Å². The molecule has 1 aromatic carbocycles. The highest BCUT2D eigenvalue weighted by Gasteiger charge is 2.23. The van der Waals surface area contributed by atoms with Gasteiger partial charge in [0.05, 0.1) is 17.5 Å². The van der Waals surface area contributed by atoms with Gasteiger partial charge in [0.25, 0.3) is 0 Å². The van der Waals surface area contributed by atoms with E-state index in [1.165, 1.54) is 29.2 Å². The molecule has 0 unspecified atom stereocenters. The highest BCUT2D eigenvalue weighted by molar-refractivity contribution is 6.05. The fourth-order valence-electron chi connectivity index (χ4n) is 3.28. The number of pyridine rings is 1. The first-order valence-corrected chi connectivity index (χ1v) is 9.62. The smallest absolute Gasteiger partial charge is 0.345 e. The summed E-state index contributed by atoms with van der Waals surface area (Å²) in [6.07, 6.45) is 3.61. The molecule has 2 amide bonds. The van der Waals surface area contributed by atoms with E-state index in [4.69, 9.17) is 10.5 Å². The molecule has 166 valence electrons. The van der Waals surface area contributed by atoms with Crippen LogP contribution in [0.3, 0.4) is 0 Å². The van der Waals surface area contributed by atoms with Gasteiger partial charge in [-0.1, -0.05) is 18.7 Å². The average molecular weight is 447 g/mol. The average Bonchev–Trinajstić information content (AvgIpc) is 3.16. The van der Waals surface area contributed by atoms with Crippen molar-refractivity contribution in [2.45, 2.75) is 6.92 Å². The van der Waals surface area contributed by atoms with Crippen LogP contribution < -0.4 is 16.4 Å². The van der Waals surface area contributed by atoms with Crippen molar-refractivity contribution in [1.29, 1.82) is 0 Å². The fraction of sp³-hybridized carbons (Fsp3) is 0.0455. The number of hydrogen-bond donors (Lipinski definition) is 3. The summed E-state index contributed by atoms with van der Waals surface area (Å²) in [5.74, 6) is -1.05. The first-order valence-electron chi connectivity index (χ1n) is 9.62. The van der Waals surface area contributed by atoms with Gasteiger partial charge in [0.1, 0.15) is 23.5 Å². The number of nitrogens with two attached hydrogens (primary N) is 1. The maximum atomic E-state index is 14.9. The number of amides is 2. The normalized spacial score (nSPS) is 10.6. The first-order chi connectivity index (χ1) is 15.9. The van der Waals surface area contributed by atoms with Crippen molar-refractivity contribution in [2.24, 2.45) is 0 Å². The molecule has 3 heterocycles. The van der Waals surface area contributed by atoms with Gasteiger partial charge in [-0.15, -0.1) is 0 Å². The molecular formula is C22H18FN7O3. The minimum Gasteiger partial charge on any atom is -0.431 e. The molecule has 0 aliphatic carbocycles. The summed E-state index contributed by atoms with van der Waals surface area (Å²) in [6.45, 7) is 5.16. The number of benzene rings is 1. The second-order valence-corrected chi connectivity index (χ2v) is 6.87. The van der Waals surface area contributed by atoms with E-state index in [1.807, 2.05) is 0 Å². The number of anilines is 3. The summed E-state index contributed by atoms with van der Waals surface area (Å²) in [7, 11) is 0. The predicted molar refractivity (Wildman–Crippen MR) is 120 cm³/mol. The highest BCUT2D eigenvalue weighted by Crippen LogP contribution is 2.34. The molecule has 4 rings (SSSR count). The summed E-state index contributed by atoms with van der Waals surface area (Å²) in [4.78, 5) is 32.8. The van der Waals surface area contributed by atoms with Crippen LogP contribution in [0.4, 0.5) is 26.5 Å². The van der Waals surface area contributed by atoms with Crippen LogP contribution in [-0.2, 0) is 4.74 Å². The molecule has 0 saturated carbocycles. The monoisotopic (exact) mass is 447 g/mol.